The monoisotopic (exact) mass is 276 g/mol. The van der Waals surface area contributed by atoms with E-state index in [4.69, 9.17) is 4.74 Å². The Hall–Kier alpha value is -1.39. The first-order chi connectivity index (χ1) is 9.10. The molecule has 1 aromatic heterocycles. The van der Waals surface area contributed by atoms with Crippen molar-refractivity contribution in [3.05, 3.63) is 35.3 Å². The molecule has 0 saturated heterocycles. The number of benzene rings is 1. The first-order valence-corrected chi connectivity index (χ1v) is 7.38. The molecule has 2 rings (SSSR count). The van der Waals surface area contributed by atoms with Crippen molar-refractivity contribution in [1.29, 1.82) is 0 Å². The predicted octanol–water partition coefficient (Wildman–Crippen LogP) is 3.88. The maximum Gasteiger partial charge on any atom is 0.123 e. The molecule has 1 N–H and O–H groups in total. The molecule has 0 spiro atoms. The van der Waals surface area contributed by atoms with E-state index in [1.807, 2.05) is 33.0 Å². The molecule has 19 heavy (non-hydrogen) atoms. The Balaban J connectivity index is 2.15. The highest BCUT2D eigenvalue weighted by Gasteiger charge is 2.09. The van der Waals surface area contributed by atoms with Crippen molar-refractivity contribution >= 4 is 11.3 Å². The van der Waals surface area contributed by atoms with Crippen molar-refractivity contribution in [3.8, 4) is 16.3 Å². The van der Waals surface area contributed by atoms with Crippen molar-refractivity contribution < 1.29 is 4.74 Å². The van der Waals surface area contributed by atoms with Gasteiger partial charge in [-0.1, -0.05) is 0 Å². The molecule has 0 aliphatic carbocycles. The van der Waals surface area contributed by atoms with E-state index in [1.54, 1.807) is 11.3 Å². The van der Waals surface area contributed by atoms with Crippen LogP contribution in [0.15, 0.2) is 29.6 Å². The van der Waals surface area contributed by atoms with Gasteiger partial charge in [0.25, 0.3) is 0 Å². The van der Waals surface area contributed by atoms with Gasteiger partial charge in [0.1, 0.15) is 10.8 Å². The Morgan fingerprint density at radius 2 is 1.84 bits per heavy atom. The van der Waals surface area contributed by atoms with Gasteiger partial charge in [-0.15, -0.1) is 11.3 Å². The van der Waals surface area contributed by atoms with Crippen LogP contribution in [0.3, 0.4) is 0 Å². The van der Waals surface area contributed by atoms with E-state index in [0.29, 0.717) is 0 Å². The van der Waals surface area contributed by atoms with Crippen LogP contribution in [-0.4, -0.2) is 18.1 Å². The largest absolute Gasteiger partial charge is 0.491 e. The van der Waals surface area contributed by atoms with E-state index >= 15 is 0 Å². The molecule has 1 aromatic carbocycles. The number of rotatable bonds is 5. The smallest absolute Gasteiger partial charge is 0.123 e. The second-order valence-electron chi connectivity index (χ2n) is 4.78. The summed E-state index contributed by atoms with van der Waals surface area (Å²) in [7, 11) is 1.95. The van der Waals surface area contributed by atoms with Gasteiger partial charge in [-0.2, -0.15) is 0 Å². The van der Waals surface area contributed by atoms with Crippen molar-refractivity contribution in [3.63, 3.8) is 0 Å². The van der Waals surface area contributed by atoms with Gasteiger partial charge in [-0.05, 0) is 52.1 Å². The molecule has 0 fully saturated rings. The molecule has 0 saturated carbocycles. The van der Waals surface area contributed by atoms with E-state index in [2.05, 4.69) is 34.7 Å². The molecule has 0 bridgehead atoms. The summed E-state index contributed by atoms with van der Waals surface area (Å²) in [6.07, 6.45) is 0.203. The number of aromatic nitrogens is 1. The lowest BCUT2D eigenvalue weighted by Gasteiger charge is -2.09. The highest BCUT2D eigenvalue weighted by molar-refractivity contribution is 7.13. The van der Waals surface area contributed by atoms with Crippen molar-refractivity contribution in [2.45, 2.75) is 32.9 Å². The highest BCUT2D eigenvalue weighted by Crippen LogP contribution is 2.27. The van der Waals surface area contributed by atoms with Crippen LogP contribution < -0.4 is 10.1 Å². The SMILES string of the molecule is CNC(C)c1csc(-c2ccc(OC(C)C)cc2)n1. The number of thiazole rings is 1. The Morgan fingerprint density at radius 3 is 2.42 bits per heavy atom. The fourth-order valence-corrected chi connectivity index (χ4v) is 2.63. The van der Waals surface area contributed by atoms with Crippen LogP contribution in [0, 0.1) is 0 Å². The van der Waals surface area contributed by atoms with E-state index in [9.17, 15) is 0 Å². The minimum absolute atomic E-state index is 0.203. The first-order valence-electron chi connectivity index (χ1n) is 6.50. The average molecular weight is 276 g/mol. The second kappa shape index (κ2) is 6.17. The molecular formula is C15H20N2OS. The highest BCUT2D eigenvalue weighted by atomic mass is 32.1. The zero-order valence-corrected chi connectivity index (χ0v) is 12.6. The fraction of sp³-hybridized carbons (Fsp3) is 0.400. The van der Waals surface area contributed by atoms with Gasteiger partial charge < -0.3 is 10.1 Å². The third-order valence-electron chi connectivity index (χ3n) is 2.87. The van der Waals surface area contributed by atoms with Crippen LogP contribution in [0.1, 0.15) is 32.5 Å². The summed E-state index contributed by atoms with van der Waals surface area (Å²) in [6, 6.07) is 8.40. The van der Waals surface area contributed by atoms with Crippen molar-refractivity contribution in [2.24, 2.45) is 0 Å². The Labute approximate surface area is 118 Å². The Kier molecular flexibility index (Phi) is 4.56. The number of nitrogens with one attached hydrogen (secondary N) is 1. The molecule has 1 atom stereocenters. The molecule has 0 aliphatic rings. The van der Waals surface area contributed by atoms with Gasteiger partial charge in [-0.3, -0.25) is 0 Å². The van der Waals surface area contributed by atoms with Gasteiger partial charge in [0.2, 0.25) is 0 Å². The molecule has 0 aliphatic heterocycles. The number of hydrogen-bond donors (Lipinski definition) is 1. The molecule has 2 aromatic rings. The predicted molar refractivity (Wildman–Crippen MR) is 80.8 cm³/mol. The zero-order valence-electron chi connectivity index (χ0n) is 11.8. The summed E-state index contributed by atoms with van der Waals surface area (Å²) in [5, 5.41) is 6.36. The standard InChI is InChI=1S/C15H20N2OS/c1-10(2)18-13-7-5-12(6-8-13)15-17-14(9-19-15)11(3)16-4/h5-11,16H,1-4H3. The summed E-state index contributed by atoms with van der Waals surface area (Å²) in [6.45, 7) is 6.17. The Bertz CT molecular complexity index is 519. The molecule has 1 unspecified atom stereocenters. The van der Waals surface area contributed by atoms with Crippen molar-refractivity contribution in [1.82, 2.24) is 10.3 Å². The second-order valence-corrected chi connectivity index (χ2v) is 5.64. The van der Waals surface area contributed by atoms with E-state index < -0.39 is 0 Å². The quantitative estimate of drug-likeness (QED) is 0.900. The molecule has 4 heteroatoms. The lowest BCUT2D eigenvalue weighted by atomic mass is 10.2. The van der Waals surface area contributed by atoms with Gasteiger partial charge >= 0.3 is 0 Å². The van der Waals surface area contributed by atoms with Gasteiger partial charge in [0, 0.05) is 17.0 Å². The third-order valence-corrected chi connectivity index (χ3v) is 3.78. The van der Waals surface area contributed by atoms with Gasteiger partial charge in [0.05, 0.1) is 11.8 Å². The number of hydrogen-bond acceptors (Lipinski definition) is 4. The van der Waals surface area contributed by atoms with Gasteiger partial charge in [0.15, 0.2) is 0 Å². The fourth-order valence-electron chi connectivity index (χ4n) is 1.71. The third kappa shape index (κ3) is 3.55. The van der Waals surface area contributed by atoms with Crippen LogP contribution in [0.4, 0.5) is 0 Å². The first kappa shape index (κ1) is 14.0. The Morgan fingerprint density at radius 1 is 1.16 bits per heavy atom. The number of nitrogens with zero attached hydrogens (tertiary/aromatic N) is 1. The normalized spacial score (nSPS) is 12.7. The van der Waals surface area contributed by atoms with Crippen LogP contribution >= 0.6 is 11.3 Å². The molecule has 0 radical (unpaired) electrons. The summed E-state index contributed by atoms with van der Waals surface area (Å²) >= 11 is 1.67. The van der Waals surface area contributed by atoms with Crippen LogP contribution in [-0.2, 0) is 0 Å². The minimum atomic E-state index is 0.203. The lowest BCUT2D eigenvalue weighted by molar-refractivity contribution is 0.242. The van der Waals surface area contributed by atoms with Crippen LogP contribution in [0.2, 0.25) is 0 Å². The number of ether oxygens (including phenoxy) is 1. The minimum Gasteiger partial charge on any atom is -0.491 e. The summed E-state index contributed by atoms with van der Waals surface area (Å²) in [4.78, 5) is 4.66. The topological polar surface area (TPSA) is 34.1 Å². The zero-order chi connectivity index (χ0) is 13.8. The van der Waals surface area contributed by atoms with Crippen molar-refractivity contribution in [2.75, 3.05) is 7.05 Å². The molecule has 0 amide bonds. The van der Waals surface area contributed by atoms with E-state index in [0.717, 1.165) is 22.0 Å². The van der Waals surface area contributed by atoms with E-state index in [-0.39, 0.29) is 12.1 Å². The molecular weight excluding hydrogens is 256 g/mol. The summed E-state index contributed by atoms with van der Waals surface area (Å²) in [5.74, 6) is 0.902. The van der Waals surface area contributed by atoms with Crippen LogP contribution in [0.25, 0.3) is 10.6 Å². The summed E-state index contributed by atoms with van der Waals surface area (Å²) < 4.78 is 5.64. The van der Waals surface area contributed by atoms with Crippen LogP contribution in [0.5, 0.6) is 5.75 Å². The molecule has 102 valence electrons. The molecule has 1 heterocycles. The maximum absolute atomic E-state index is 5.64. The average Bonchev–Trinajstić information content (AvgIpc) is 2.87. The van der Waals surface area contributed by atoms with E-state index in [1.165, 1.54) is 0 Å². The van der Waals surface area contributed by atoms with Gasteiger partial charge in [-0.25, -0.2) is 4.98 Å². The maximum atomic E-state index is 5.64. The lowest BCUT2D eigenvalue weighted by Crippen LogP contribution is -2.12. The summed E-state index contributed by atoms with van der Waals surface area (Å²) in [5.41, 5.74) is 2.22. The molecule has 3 nitrogen and oxygen atoms in total.